The molecule has 3 N–H and O–H groups in total. The summed E-state index contributed by atoms with van der Waals surface area (Å²) < 4.78 is 0. The van der Waals surface area contributed by atoms with E-state index in [0.29, 0.717) is 19.4 Å². The largest absolute Gasteiger partial charge is 0.357 e. The molecule has 3 amide bonds. The summed E-state index contributed by atoms with van der Waals surface area (Å²) in [5.74, 6) is -0.107. The van der Waals surface area contributed by atoms with Crippen molar-refractivity contribution in [2.45, 2.75) is 44.2 Å². The fourth-order valence-corrected chi connectivity index (χ4v) is 3.69. The van der Waals surface area contributed by atoms with E-state index in [2.05, 4.69) is 40.2 Å². The number of benzene rings is 2. The van der Waals surface area contributed by atoms with Crippen molar-refractivity contribution in [3.05, 3.63) is 60.2 Å². The molecule has 1 saturated carbocycles. The van der Waals surface area contributed by atoms with Gasteiger partial charge in [0.2, 0.25) is 5.91 Å². The molecule has 2 aromatic rings. The van der Waals surface area contributed by atoms with Crippen molar-refractivity contribution >= 4 is 11.9 Å². The highest BCUT2D eigenvalue weighted by atomic mass is 16.2. The quantitative estimate of drug-likeness (QED) is 0.758. The number of likely N-dealkylation sites (N-methyl/N-ethyl adjacent to an activating group) is 1. The average Bonchev–Trinajstić information content (AvgIpc) is 2.73. The Labute approximate surface area is 160 Å². The van der Waals surface area contributed by atoms with Crippen molar-refractivity contribution in [1.29, 1.82) is 0 Å². The standard InChI is InChI=1S/C22H27N3O2/c1-23-20(26)22(14-6-3-7-15-22)25-21(27)24-16-17-10-12-19(13-11-17)18-8-4-2-5-9-18/h2,4-5,8-13H,3,6-7,14-16H2,1H3,(H,23,26)(H2,24,25,27). The van der Waals surface area contributed by atoms with Gasteiger partial charge in [0.1, 0.15) is 5.54 Å². The second-order valence-electron chi connectivity index (χ2n) is 7.09. The third kappa shape index (κ3) is 4.67. The second kappa shape index (κ2) is 8.71. The Bertz CT molecular complexity index is 766. The Morgan fingerprint density at radius 2 is 1.52 bits per heavy atom. The molecule has 1 aliphatic rings. The molecule has 0 radical (unpaired) electrons. The van der Waals surface area contributed by atoms with Crippen LogP contribution < -0.4 is 16.0 Å². The van der Waals surface area contributed by atoms with Crippen LogP contribution in [0.2, 0.25) is 0 Å². The van der Waals surface area contributed by atoms with Crippen LogP contribution in [0.25, 0.3) is 11.1 Å². The maximum Gasteiger partial charge on any atom is 0.315 e. The Hall–Kier alpha value is -2.82. The zero-order valence-electron chi connectivity index (χ0n) is 15.8. The van der Waals surface area contributed by atoms with Gasteiger partial charge in [0.15, 0.2) is 0 Å². The first-order chi connectivity index (χ1) is 13.1. The number of rotatable bonds is 5. The number of carbonyl (C=O) groups excluding carboxylic acids is 2. The van der Waals surface area contributed by atoms with Crippen LogP contribution in [-0.2, 0) is 11.3 Å². The average molecular weight is 365 g/mol. The third-order valence-corrected chi connectivity index (χ3v) is 5.24. The molecule has 0 aromatic heterocycles. The molecule has 0 spiro atoms. The van der Waals surface area contributed by atoms with E-state index in [9.17, 15) is 9.59 Å². The van der Waals surface area contributed by atoms with Crippen LogP contribution in [-0.4, -0.2) is 24.5 Å². The molecule has 1 aliphatic carbocycles. The van der Waals surface area contributed by atoms with Crippen molar-refractivity contribution < 1.29 is 9.59 Å². The molecule has 2 aromatic carbocycles. The minimum absolute atomic E-state index is 0.107. The molecule has 0 heterocycles. The van der Waals surface area contributed by atoms with Crippen LogP contribution in [0.4, 0.5) is 4.79 Å². The molecule has 27 heavy (non-hydrogen) atoms. The molecule has 0 aliphatic heterocycles. The Morgan fingerprint density at radius 3 is 2.15 bits per heavy atom. The lowest BCUT2D eigenvalue weighted by Crippen LogP contribution is -2.60. The van der Waals surface area contributed by atoms with Gasteiger partial charge in [0.25, 0.3) is 0 Å². The van der Waals surface area contributed by atoms with E-state index in [0.717, 1.165) is 30.4 Å². The molecule has 5 heteroatoms. The summed E-state index contributed by atoms with van der Waals surface area (Å²) in [7, 11) is 1.62. The zero-order valence-corrected chi connectivity index (χ0v) is 15.8. The first-order valence-corrected chi connectivity index (χ1v) is 9.55. The van der Waals surface area contributed by atoms with Gasteiger partial charge in [-0.2, -0.15) is 0 Å². The van der Waals surface area contributed by atoms with E-state index in [1.807, 2.05) is 30.3 Å². The van der Waals surface area contributed by atoms with Gasteiger partial charge in [-0.3, -0.25) is 4.79 Å². The van der Waals surface area contributed by atoms with Crippen molar-refractivity contribution in [2.75, 3.05) is 7.05 Å². The highest BCUT2D eigenvalue weighted by Gasteiger charge is 2.40. The fraction of sp³-hybridized carbons (Fsp3) is 0.364. The van der Waals surface area contributed by atoms with Crippen LogP contribution in [0.3, 0.4) is 0 Å². The number of amides is 3. The summed E-state index contributed by atoms with van der Waals surface area (Å²) in [6, 6.07) is 18.0. The molecule has 1 fully saturated rings. The summed E-state index contributed by atoms with van der Waals surface area (Å²) >= 11 is 0. The van der Waals surface area contributed by atoms with Crippen LogP contribution >= 0.6 is 0 Å². The molecular formula is C22H27N3O2. The molecular weight excluding hydrogens is 338 g/mol. The summed E-state index contributed by atoms with van der Waals surface area (Å²) in [6.07, 6.45) is 4.39. The first-order valence-electron chi connectivity index (χ1n) is 9.55. The van der Waals surface area contributed by atoms with E-state index >= 15 is 0 Å². The van der Waals surface area contributed by atoms with Gasteiger partial charge >= 0.3 is 6.03 Å². The predicted octanol–water partition coefficient (Wildman–Crippen LogP) is 3.60. The monoisotopic (exact) mass is 365 g/mol. The maximum atomic E-state index is 12.4. The van der Waals surface area contributed by atoms with Gasteiger partial charge in [-0.05, 0) is 29.5 Å². The minimum atomic E-state index is -0.783. The second-order valence-corrected chi connectivity index (χ2v) is 7.09. The van der Waals surface area contributed by atoms with Gasteiger partial charge in [0.05, 0.1) is 0 Å². The Morgan fingerprint density at radius 1 is 0.889 bits per heavy atom. The number of urea groups is 1. The van der Waals surface area contributed by atoms with E-state index in [1.165, 1.54) is 5.56 Å². The lowest BCUT2D eigenvalue weighted by Gasteiger charge is -2.36. The van der Waals surface area contributed by atoms with Crippen molar-refractivity contribution in [2.24, 2.45) is 0 Å². The van der Waals surface area contributed by atoms with E-state index in [-0.39, 0.29) is 11.9 Å². The lowest BCUT2D eigenvalue weighted by atomic mass is 9.81. The Balaban J connectivity index is 1.57. The number of carbonyl (C=O) groups is 2. The summed E-state index contributed by atoms with van der Waals surface area (Å²) in [5, 5.41) is 8.50. The van der Waals surface area contributed by atoms with Crippen LogP contribution in [0, 0.1) is 0 Å². The summed E-state index contributed by atoms with van der Waals surface area (Å²) in [5.41, 5.74) is 2.54. The molecule has 0 bridgehead atoms. The minimum Gasteiger partial charge on any atom is -0.357 e. The highest BCUT2D eigenvalue weighted by Crippen LogP contribution is 2.28. The smallest absolute Gasteiger partial charge is 0.315 e. The van der Waals surface area contributed by atoms with Crippen molar-refractivity contribution in [1.82, 2.24) is 16.0 Å². The van der Waals surface area contributed by atoms with E-state index in [4.69, 9.17) is 0 Å². The highest BCUT2D eigenvalue weighted by molar-refractivity contribution is 5.91. The summed E-state index contributed by atoms with van der Waals surface area (Å²) in [4.78, 5) is 24.7. The fourth-order valence-electron chi connectivity index (χ4n) is 3.69. The van der Waals surface area contributed by atoms with Crippen LogP contribution in [0.1, 0.15) is 37.7 Å². The van der Waals surface area contributed by atoms with E-state index < -0.39 is 5.54 Å². The van der Waals surface area contributed by atoms with Crippen LogP contribution in [0.5, 0.6) is 0 Å². The zero-order chi connectivity index (χ0) is 19.1. The lowest BCUT2D eigenvalue weighted by molar-refractivity contribution is -0.128. The molecule has 3 rings (SSSR count). The molecule has 0 unspecified atom stereocenters. The topological polar surface area (TPSA) is 70.2 Å². The third-order valence-electron chi connectivity index (χ3n) is 5.24. The van der Waals surface area contributed by atoms with Crippen LogP contribution in [0.15, 0.2) is 54.6 Å². The van der Waals surface area contributed by atoms with Gasteiger partial charge in [-0.25, -0.2) is 4.79 Å². The number of nitrogens with one attached hydrogen (secondary N) is 3. The SMILES string of the molecule is CNC(=O)C1(NC(=O)NCc2ccc(-c3ccccc3)cc2)CCCCC1. The van der Waals surface area contributed by atoms with Gasteiger partial charge in [0, 0.05) is 13.6 Å². The summed E-state index contributed by atoms with van der Waals surface area (Å²) in [6.45, 7) is 0.421. The Kier molecular flexibility index (Phi) is 6.12. The molecule has 5 nitrogen and oxygen atoms in total. The van der Waals surface area contributed by atoms with Gasteiger partial charge < -0.3 is 16.0 Å². The normalized spacial score (nSPS) is 15.6. The number of hydrogen-bond donors (Lipinski definition) is 3. The maximum absolute atomic E-state index is 12.4. The van der Waals surface area contributed by atoms with E-state index in [1.54, 1.807) is 7.05 Å². The van der Waals surface area contributed by atoms with Crippen molar-refractivity contribution in [3.63, 3.8) is 0 Å². The predicted molar refractivity (Wildman–Crippen MR) is 107 cm³/mol. The first kappa shape index (κ1) is 19.0. The van der Waals surface area contributed by atoms with Gasteiger partial charge in [-0.15, -0.1) is 0 Å². The number of hydrogen-bond acceptors (Lipinski definition) is 2. The molecule has 0 saturated heterocycles. The molecule has 142 valence electrons. The van der Waals surface area contributed by atoms with Crippen molar-refractivity contribution in [3.8, 4) is 11.1 Å². The molecule has 0 atom stereocenters. The van der Waals surface area contributed by atoms with Gasteiger partial charge in [-0.1, -0.05) is 73.9 Å².